The molecule has 0 N–H and O–H groups in total. The molecule has 1 aliphatic heterocycles. The Balaban J connectivity index is 2.60. The molecule has 1 fully saturated rings. The quantitative estimate of drug-likeness (QED) is 0.642. The van der Waals surface area contributed by atoms with E-state index in [-0.39, 0.29) is 13.0 Å². The Morgan fingerprint density at radius 2 is 2.00 bits per heavy atom. The molecule has 0 aromatic heterocycles. The molecule has 92 valence electrons. The van der Waals surface area contributed by atoms with Gasteiger partial charge in [-0.15, -0.1) is 0 Å². The Morgan fingerprint density at radius 1 is 1.44 bits per heavy atom. The second-order valence-corrected chi connectivity index (χ2v) is 4.90. The average molecular weight is 232 g/mol. The molecular weight excluding hydrogens is 217 g/mol. The largest absolute Gasteiger partial charge is 0.547 e. The molecule has 1 unspecified atom stereocenters. The minimum Gasteiger partial charge on any atom is -0.547 e. The zero-order valence-electron chi connectivity index (χ0n) is 9.58. The molecule has 1 rings (SSSR count). The number of rotatable bonds is 1. The third-order valence-electron chi connectivity index (χ3n) is 2.24. The van der Waals surface area contributed by atoms with Gasteiger partial charge in [0.05, 0.1) is 12.5 Å². The number of ether oxygens (including phenoxy) is 1. The van der Waals surface area contributed by atoms with E-state index in [0.29, 0.717) is 0 Å². The third-order valence-corrected chi connectivity index (χ3v) is 2.24. The first-order valence-electron chi connectivity index (χ1n) is 5.02. The van der Waals surface area contributed by atoms with Crippen LogP contribution in [0.25, 0.3) is 0 Å². The van der Waals surface area contributed by atoms with Gasteiger partial charge in [-0.25, -0.2) is 9.18 Å². The fourth-order valence-electron chi connectivity index (χ4n) is 1.42. The summed E-state index contributed by atoms with van der Waals surface area (Å²) in [5.41, 5.74) is -3.13. The molecule has 0 bridgehead atoms. The van der Waals surface area contributed by atoms with E-state index in [4.69, 9.17) is 4.74 Å². The van der Waals surface area contributed by atoms with Gasteiger partial charge in [0.2, 0.25) is 0 Å². The Labute approximate surface area is 93.2 Å². The second-order valence-electron chi connectivity index (χ2n) is 4.90. The molecule has 1 heterocycles. The average Bonchev–Trinajstić information content (AvgIpc) is 2.46. The monoisotopic (exact) mass is 232 g/mol. The molecule has 1 amide bonds. The minimum atomic E-state index is -2.45. The van der Waals surface area contributed by atoms with Crippen molar-refractivity contribution in [3.63, 3.8) is 0 Å². The van der Waals surface area contributed by atoms with Crippen molar-refractivity contribution in [3.8, 4) is 0 Å². The first-order chi connectivity index (χ1) is 7.14. The highest BCUT2D eigenvalue weighted by Crippen LogP contribution is 2.26. The van der Waals surface area contributed by atoms with Gasteiger partial charge in [-0.1, -0.05) is 0 Å². The Hall–Kier alpha value is -1.33. The normalized spacial score (nSPS) is 25.6. The zero-order valence-corrected chi connectivity index (χ0v) is 9.58. The van der Waals surface area contributed by atoms with Gasteiger partial charge in [0.25, 0.3) is 0 Å². The van der Waals surface area contributed by atoms with Crippen LogP contribution in [-0.4, -0.2) is 41.3 Å². The van der Waals surface area contributed by atoms with Crippen molar-refractivity contribution in [3.05, 3.63) is 0 Å². The first-order valence-corrected chi connectivity index (χ1v) is 5.02. The number of aliphatic carboxylic acids is 1. The minimum absolute atomic E-state index is 0.0272. The first kappa shape index (κ1) is 12.7. The van der Waals surface area contributed by atoms with E-state index in [9.17, 15) is 19.1 Å². The standard InChI is InChI=1S/C10H16FNO4/c1-9(2,3)16-8(15)12-5-4-10(11,6-12)7(13)14/h4-6H2,1-3H3,(H,13,14)/p-1. The summed E-state index contributed by atoms with van der Waals surface area (Å²) in [4.78, 5) is 23.0. The number of halogens is 1. The van der Waals surface area contributed by atoms with Crippen molar-refractivity contribution in [2.75, 3.05) is 13.1 Å². The summed E-state index contributed by atoms with van der Waals surface area (Å²) in [7, 11) is 0. The predicted molar refractivity (Wildman–Crippen MR) is 51.3 cm³/mol. The molecule has 0 saturated carbocycles. The number of hydrogen-bond acceptors (Lipinski definition) is 4. The smallest absolute Gasteiger partial charge is 0.410 e. The maximum absolute atomic E-state index is 13.6. The molecule has 1 saturated heterocycles. The van der Waals surface area contributed by atoms with Crippen LogP contribution in [0.5, 0.6) is 0 Å². The highest BCUT2D eigenvalue weighted by Gasteiger charge is 2.42. The van der Waals surface area contributed by atoms with Crippen molar-refractivity contribution >= 4 is 12.1 Å². The maximum atomic E-state index is 13.6. The lowest BCUT2D eigenvalue weighted by Gasteiger charge is -2.25. The van der Waals surface area contributed by atoms with Crippen LogP contribution < -0.4 is 5.11 Å². The predicted octanol–water partition coefficient (Wildman–Crippen LogP) is 0.0854. The lowest BCUT2D eigenvalue weighted by atomic mass is 10.1. The Kier molecular flexibility index (Phi) is 3.12. The van der Waals surface area contributed by atoms with E-state index in [1.165, 1.54) is 0 Å². The number of hydrogen-bond donors (Lipinski definition) is 0. The van der Waals surface area contributed by atoms with Crippen LogP contribution in [0.1, 0.15) is 27.2 Å². The highest BCUT2D eigenvalue weighted by molar-refractivity contribution is 5.78. The summed E-state index contributed by atoms with van der Waals surface area (Å²) < 4.78 is 18.6. The lowest BCUT2D eigenvalue weighted by molar-refractivity contribution is -0.318. The van der Waals surface area contributed by atoms with Gasteiger partial charge in [0, 0.05) is 13.0 Å². The molecule has 6 heteroatoms. The van der Waals surface area contributed by atoms with Crippen LogP contribution in [0.3, 0.4) is 0 Å². The number of carboxylic acid groups (broad SMARTS) is 1. The fourth-order valence-corrected chi connectivity index (χ4v) is 1.42. The van der Waals surface area contributed by atoms with Gasteiger partial charge < -0.3 is 19.5 Å². The number of alkyl halides is 1. The van der Waals surface area contributed by atoms with Gasteiger partial charge in [-0.2, -0.15) is 0 Å². The lowest BCUT2D eigenvalue weighted by Crippen LogP contribution is -2.47. The molecular formula is C10H15FNO4-. The number of carboxylic acids is 1. The molecule has 0 aromatic carbocycles. The number of carbonyl (C=O) groups excluding carboxylic acids is 2. The number of amides is 1. The van der Waals surface area contributed by atoms with E-state index in [1.54, 1.807) is 20.8 Å². The summed E-state index contributed by atoms with van der Waals surface area (Å²) in [6.45, 7) is 4.57. The number of carbonyl (C=O) groups is 2. The third kappa shape index (κ3) is 2.84. The Morgan fingerprint density at radius 3 is 2.38 bits per heavy atom. The molecule has 0 aliphatic carbocycles. The van der Waals surface area contributed by atoms with Crippen LogP contribution in [0, 0.1) is 0 Å². The van der Waals surface area contributed by atoms with E-state index in [0.717, 1.165) is 4.90 Å². The summed E-state index contributed by atoms with van der Waals surface area (Å²) >= 11 is 0. The van der Waals surface area contributed by atoms with E-state index in [2.05, 4.69) is 0 Å². The SMILES string of the molecule is CC(C)(C)OC(=O)N1CCC(F)(C(=O)[O-])C1. The molecule has 5 nitrogen and oxygen atoms in total. The van der Waals surface area contributed by atoms with Gasteiger partial charge in [-0.3, -0.25) is 0 Å². The van der Waals surface area contributed by atoms with E-state index < -0.39 is 29.9 Å². The van der Waals surface area contributed by atoms with Crippen molar-refractivity contribution in [2.45, 2.75) is 38.5 Å². The molecule has 1 atom stereocenters. The van der Waals surface area contributed by atoms with Crippen molar-refractivity contribution in [1.82, 2.24) is 4.90 Å². The molecule has 0 spiro atoms. The number of nitrogens with zero attached hydrogens (tertiary/aromatic N) is 1. The van der Waals surface area contributed by atoms with Crippen LogP contribution in [-0.2, 0) is 9.53 Å². The molecule has 16 heavy (non-hydrogen) atoms. The van der Waals surface area contributed by atoms with Crippen molar-refractivity contribution in [2.24, 2.45) is 0 Å². The van der Waals surface area contributed by atoms with Gasteiger partial charge >= 0.3 is 6.09 Å². The van der Waals surface area contributed by atoms with Gasteiger partial charge in [0.1, 0.15) is 5.60 Å². The fraction of sp³-hybridized carbons (Fsp3) is 0.800. The summed E-state index contributed by atoms with van der Waals surface area (Å²) in [6, 6.07) is 0. The number of likely N-dealkylation sites (tertiary alicyclic amines) is 1. The van der Waals surface area contributed by atoms with Crippen LogP contribution in [0.4, 0.5) is 9.18 Å². The van der Waals surface area contributed by atoms with Crippen LogP contribution >= 0.6 is 0 Å². The Bertz CT molecular complexity index is 312. The maximum Gasteiger partial charge on any atom is 0.410 e. The zero-order chi connectivity index (χ0) is 12.6. The van der Waals surface area contributed by atoms with Crippen molar-refractivity contribution in [1.29, 1.82) is 0 Å². The van der Waals surface area contributed by atoms with E-state index in [1.807, 2.05) is 0 Å². The summed E-state index contributed by atoms with van der Waals surface area (Å²) in [5.74, 6) is -1.78. The second kappa shape index (κ2) is 3.92. The van der Waals surface area contributed by atoms with Gasteiger partial charge in [0.15, 0.2) is 5.67 Å². The van der Waals surface area contributed by atoms with Crippen LogP contribution in [0.15, 0.2) is 0 Å². The van der Waals surface area contributed by atoms with Crippen molar-refractivity contribution < 1.29 is 23.8 Å². The summed E-state index contributed by atoms with van der Waals surface area (Å²) in [6.07, 6.45) is -0.956. The van der Waals surface area contributed by atoms with E-state index >= 15 is 0 Å². The van der Waals surface area contributed by atoms with Gasteiger partial charge in [-0.05, 0) is 20.8 Å². The summed E-state index contributed by atoms with van der Waals surface area (Å²) in [5, 5.41) is 10.5. The molecule has 0 radical (unpaired) electrons. The molecule has 1 aliphatic rings. The molecule has 0 aromatic rings. The topological polar surface area (TPSA) is 69.7 Å². The highest BCUT2D eigenvalue weighted by atomic mass is 19.1. The van der Waals surface area contributed by atoms with Crippen LogP contribution in [0.2, 0.25) is 0 Å².